The Morgan fingerprint density at radius 2 is 2.12 bits per heavy atom. The molecule has 0 amide bonds. The van der Waals surface area contributed by atoms with Crippen LogP contribution in [-0.2, 0) is 9.84 Å². The topological polar surface area (TPSA) is 82.3 Å². The van der Waals surface area contributed by atoms with E-state index in [2.05, 4.69) is 10.2 Å². The zero-order valence-corrected chi connectivity index (χ0v) is 15.2. The number of thioether (sulfide) groups is 1. The number of hydrogen-bond donors (Lipinski definition) is 0. The molecule has 0 atom stereocenters. The quantitative estimate of drug-likeness (QED) is 0.579. The fraction of sp³-hybridized carbons (Fsp3) is 0.200. The second-order valence-corrected chi connectivity index (χ2v) is 8.80. The summed E-state index contributed by atoms with van der Waals surface area (Å²) in [6.07, 6.45) is 0. The van der Waals surface area contributed by atoms with Crippen LogP contribution in [0.25, 0.3) is 10.8 Å². The van der Waals surface area contributed by atoms with Gasteiger partial charge in [-0.15, -0.1) is 21.5 Å². The predicted molar refractivity (Wildman–Crippen MR) is 93.4 cm³/mol. The van der Waals surface area contributed by atoms with Gasteiger partial charge < -0.3 is 9.15 Å². The Hall–Kier alpha value is -1.84. The summed E-state index contributed by atoms with van der Waals surface area (Å²) in [5, 5.41) is 10.2. The molecule has 6 nitrogen and oxygen atoms in total. The Balaban J connectivity index is 1.61. The van der Waals surface area contributed by atoms with E-state index in [9.17, 15) is 8.42 Å². The Bertz CT molecular complexity index is 904. The number of methoxy groups -OCH3 is 1. The average molecular weight is 382 g/mol. The van der Waals surface area contributed by atoms with E-state index in [1.807, 2.05) is 17.5 Å². The van der Waals surface area contributed by atoms with Crippen LogP contribution in [0.5, 0.6) is 5.75 Å². The van der Waals surface area contributed by atoms with Gasteiger partial charge in [-0.1, -0.05) is 23.9 Å². The minimum absolute atomic E-state index is 0.0262. The number of nitrogens with zero attached hydrogens (tertiary/aromatic N) is 2. The molecular formula is C15H14N2O4S3. The molecule has 1 aromatic carbocycles. The maximum absolute atomic E-state index is 12.3. The molecule has 9 heteroatoms. The number of rotatable bonds is 7. The summed E-state index contributed by atoms with van der Waals surface area (Å²) in [5.41, 5.74) is 0. The van der Waals surface area contributed by atoms with Gasteiger partial charge in [-0.2, -0.15) is 0 Å². The molecule has 0 unspecified atom stereocenters. The smallest absolute Gasteiger partial charge is 0.276 e. The van der Waals surface area contributed by atoms with E-state index in [0.29, 0.717) is 22.6 Å². The molecule has 0 aliphatic rings. The lowest BCUT2D eigenvalue weighted by atomic mass is 10.3. The van der Waals surface area contributed by atoms with Crippen molar-refractivity contribution in [3.8, 4) is 16.5 Å². The van der Waals surface area contributed by atoms with Crippen molar-refractivity contribution in [2.45, 2.75) is 10.1 Å². The van der Waals surface area contributed by atoms with Crippen molar-refractivity contribution in [3.63, 3.8) is 0 Å². The highest BCUT2D eigenvalue weighted by Crippen LogP contribution is 2.27. The molecule has 0 bridgehead atoms. The van der Waals surface area contributed by atoms with Gasteiger partial charge in [-0.3, -0.25) is 0 Å². The van der Waals surface area contributed by atoms with E-state index < -0.39 is 9.84 Å². The SMILES string of the molecule is COc1cccc(S(=O)(=O)CCSc2nnc(-c3cccs3)o2)c1. The molecule has 0 aliphatic heterocycles. The van der Waals surface area contributed by atoms with Gasteiger partial charge in [0.15, 0.2) is 9.84 Å². The fourth-order valence-electron chi connectivity index (χ4n) is 1.92. The summed E-state index contributed by atoms with van der Waals surface area (Å²) in [5.74, 6) is 1.26. The molecular weight excluding hydrogens is 368 g/mol. The molecule has 2 heterocycles. The summed E-state index contributed by atoms with van der Waals surface area (Å²) >= 11 is 2.73. The molecule has 0 fully saturated rings. The van der Waals surface area contributed by atoms with Crippen molar-refractivity contribution >= 4 is 32.9 Å². The van der Waals surface area contributed by atoms with Gasteiger partial charge in [0.1, 0.15) is 5.75 Å². The van der Waals surface area contributed by atoms with Gasteiger partial charge in [-0.05, 0) is 29.6 Å². The van der Waals surface area contributed by atoms with E-state index >= 15 is 0 Å². The number of benzene rings is 1. The van der Waals surface area contributed by atoms with Crippen LogP contribution in [0.3, 0.4) is 0 Å². The third-order valence-corrected chi connectivity index (χ3v) is 6.77. The third kappa shape index (κ3) is 3.97. The molecule has 0 N–H and O–H groups in total. The first-order chi connectivity index (χ1) is 11.6. The van der Waals surface area contributed by atoms with E-state index in [1.54, 1.807) is 18.2 Å². The Kier molecular flexibility index (Phi) is 5.22. The van der Waals surface area contributed by atoms with Gasteiger partial charge >= 0.3 is 0 Å². The normalized spacial score (nSPS) is 11.5. The molecule has 0 radical (unpaired) electrons. The molecule has 2 aromatic heterocycles. The molecule has 3 rings (SSSR count). The molecule has 3 aromatic rings. The zero-order chi connectivity index (χ0) is 17.0. The molecule has 126 valence electrons. The third-order valence-electron chi connectivity index (χ3n) is 3.12. The summed E-state index contributed by atoms with van der Waals surface area (Å²) in [7, 11) is -1.89. The number of hydrogen-bond acceptors (Lipinski definition) is 8. The van der Waals surface area contributed by atoms with Crippen molar-refractivity contribution in [3.05, 3.63) is 41.8 Å². The minimum Gasteiger partial charge on any atom is -0.497 e. The van der Waals surface area contributed by atoms with E-state index in [4.69, 9.17) is 9.15 Å². The van der Waals surface area contributed by atoms with E-state index in [0.717, 1.165) is 4.88 Å². The van der Waals surface area contributed by atoms with Crippen LogP contribution in [0.2, 0.25) is 0 Å². The fourth-order valence-corrected chi connectivity index (χ4v) is 5.00. The van der Waals surface area contributed by atoms with Crippen LogP contribution >= 0.6 is 23.1 Å². The molecule has 0 saturated carbocycles. The van der Waals surface area contributed by atoms with Crippen LogP contribution in [0.1, 0.15) is 0 Å². The highest BCUT2D eigenvalue weighted by atomic mass is 32.2. The Morgan fingerprint density at radius 1 is 1.25 bits per heavy atom. The summed E-state index contributed by atoms with van der Waals surface area (Å²) in [6, 6.07) is 10.2. The first kappa shape index (κ1) is 17.0. The Morgan fingerprint density at radius 3 is 2.88 bits per heavy atom. The summed E-state index contributed by atoms with van der Waals surface area (Å²) < 4.78 is 35.3. The van der Waals surface area contributed by atoms with Crippen molar-refractivity contribution in [1.29, 1.82) is 0 Å². The van der Waals surface area contributed by atoms with E-state index in [-0.39, 0.29) is 10.6 Å². The zero-order valence-electron chi connectivity index (χ0n) is 12.7. The molecule has 0 spiro atoms. The van der Waals surface area contributed by atoms with Crippen molar-refractivity contribution in [2.75, 3.05) is 18.6 Å². The highest BCUT2D eigenvalue weighted by molar-refractivity contribution is 8.00. The lowest BCUT2D eigenvalue weighted by molar-refractivity contribution is 0.413. The standard InChI is InChI=1S/C15H14N2O4S3/c1-20-11-4-2-5-12(10-11)24(18,19)9-8-23-15-17-16-14(21-15)13-6-3-7-22-13/h2-7,10H,8-9H2,1H3. The molecule has 0 saturated heterocycles. The van der Waals surface area contributed by atoms with Gasteiger partial charge in [0.25, 0.3) is 11.1 Å². The van der Waals surface area contributed by atoms with E-state index in [1.165, 1.54) is 36.3 Å². The number of ether oxygens (including phenoxy) is 1. The Labute approximate surface area is 147 Å². The van der Waals surface area contributed by atoms with Crippen LogP contribution in [0.15, 0.2) is 56.3 Å². The summed E-state index contributed by atoms with van der Waals surface area (Å²) in [6.45, 7) is 0. The lowest BCUT2D eigenvalue weighted by Gasteiger charge is -2.05. The molecule has 24 heavy (non-hydrogen) atoms. The van der Waals surface area contributed by atoms with Crippen molar-refractivity contribution in [1.82, 2.24) is 10.2 Å². The van der Waals surface area contributed by atoms with Gasteiger partial charge in [-0.25, -0.2) is 8.42 Å². The van der Waals surface area contributed by atoms with Crippen LogP contribution in [0.4, 0.5) is 0 Å². The number of thiophene rings is 1. The van der Waals surface area contributed by atoms with Gasteiger partial charge in [0.2, 0.25) is 0 Å². The minimum atomic E-state index is -3.39. The van der Waals surface area contributed by atoms with Gasteiger partial charge in [0, 0.05) is 5.75 Å². The second-order valence-electron chi connectivity index (χ2n) is 4.70. The lowest BCUT2D eigenvalue weighted by Crippen LogP contribution is -2.09. The van der Waals surface area contributed by atoms with Crippen LogP contribution in [-0.4, -0.2) is 37.2 Å². The van der Waals surface area contributed by atoms with Crippen LogP contribution in [0, 0.1) is 0 Å². The first-order valence-electron chi connectivity index (χ1n) is 6.95. The van der Waals surface area contributed by atoms with Crippen LogP contribution < -0.4 is 4.74 Å². The maximum atomic E-state index is 12.3. The maximum Gasteiger partial charge on any atom is 0.276 e. The average Bonchev–Trinajstić information content (AvgIpc) is 3.26. The monoisotopic (exact) mass is 382 g/mol. The van der Waals surface area contributed by atoms with Crippen molar-refractivity contribution < 1.29 is 17.6 Å². The predicted octanol–water partition coefficient (Wildman–Crippen LogP) is 3.37. The van der Waals surface area contributed by atoms with Crippen molar-refractivity contribution in [2.24, 2.45) is 0 Å². The largest absolute Gasteiger partial charge is 0.497 e. The van der Waals surface area contributed by atoms with Gasteiger partial charge in [0.05, 0.1) is 22.6 Å². The first-order valence-corrected chi connectivity index (χ1v) is 10.5. The second kappa shape index (κ2) is 7.37. The number of aromatic nitrogens is 2. The summed E-state index contributed by atoms with van der Waals surface area (Å²) in [4.78, 5) is 1.13. The highest BCUT2D eigenvalue weighted by Gasteiger charge is 2.16. The number of sulfone groups is 1. The molecule has 0 aliphatic carbocycles.